The fourth-order valence-corrected chi connectivity index (χ4v) is 0.774. The lowest BCUT2D eigenvalue weighted by molar-refractivity contribution is -0.137. The Morgan fingerprint density at radius 2 is 2.08 bits per heavy atom. The smallest absolute Gasteiger partial charge is 0.354 e. The van der Waals surface area contributed by atoms with Crippen LogP contribution in [0.25, 0.3) is 0 Å². The number of rotatable bonds is 4. The highest BCUT2D eigenvalue weighted by Gasteiger charge is 2.09. The molecule has 0 fully saturated rings. The van der Waals surface area contributed by atoms with E-state index in [0.29, 0.717) is 0 Å². The van der Waals surface area contributed by atoms with E-state index in [2.05, 4.69) is 10.1 Å². The molecule has 0 unspecified atom stereocenters. The molecule has 0 aromatic rings. The monoisotopic (exact) mass is 185 g/mol. The third-order valence-electron chi connectivity index (χ3n) is 1.35. The maximum Gasteiger partial charge on any atom is 0.354 e. The molecule has 0 aliphatic rings. The summed E-state index contributed by atoms with van der Waals surface area (Å²) in [6.45, 7) is 3.34. The fraction of sp³-hybridized carbons (Fsp3) is 0.556. The molecule has 13 heavy (non-hydrogen) atoms. The molecule has 0 bridgehead atoms. The summed E-state index contributed by atoms with van der Waals surface area (Å²) in [5, 5.41) is 2.41. The van der Waals surface area contributed by atoms with E-state index in [0.717, 1.165) is 12.8 Å². The molecule has 0 rings (SSSR count). The van der Waals surface area contributed by atoms with Gasteiger partial charge < -0.3 is 10.1 Å². The van der Waals surface area contributed by atoms with Crippen LogP contribution >= 0.6 is 0 Å². The molecule has 0 aliphatic carbocycles. The highest BCUT2D eigenvalue weighted by atomic mass is 16.5. The molecule has 0 aromatic heterocycles. The van der Waals surface area contributed by atoms with Gasteiger partial charge in [0, 0.05) is 6.92 Å². The van der Waals surface area contributed by atoms with Gasteiger partial charge in [0.05, 0.1) is 7.11 Å². The zero-order valence-electron chi connectivity index (χ0n) is 8.22. The lowest BCUT2D eigenvalue weighted by Gasteiger charge is -2.04. The quantitative estimate of drug-likeness (QED) is 0.524. The van der Waals surface area contributed by atoms with Gasteiger partial charge in [-0.15, -0.1) is 0 Å². The van der Waals surface area contributed by atoms with Gasteiger partial charge in [0.25, 0.3) is 0 Å². The molecule has 4 nitrogen and oxygen atoms in total. The molecule has 4 heteroatoms. The summed E-state index contributed by atoms with van der Waals surface area (Å²) in [6, 6.07) is 0. The summed E-state index contributed by atoms with van der Waals surface area (Å²) in [5.41, 5.74) is 0.219. The maximum atomic E-state index is 11.0. The number of hydrogen-bond donors (Lipinski definition) is 1. The Bertz CT molecular complexity index is 221. The van der Waals surface area contributed by atoms with Gasteiger partial charge in [-0.25, -0.2) is 4.79 Å². The van der Waals surface area contributed by atoms with E-state index in [1.807, 2.05) is 6.92 Å². The summed E-state index contributed by atoms with van der Waals surface area (Å²) < 4.78 is 4.49. The summed E-state index contributed by atoms with van der Waals surface area (Å²) in [5.74, 6) is -0.781. The number of methoxy groups -OCH3 is 1. The van der Waals surface area contributed by atoms with Crippen LogP contribution in [0.2, 0.25) is 0 Å². The van der Waals surface area contributed by atoms with E-state index < -0.39 is 5.97 Å². The maximum absolute atomic E-state index is 11.0. The summed E-state index contributed by atoms with van der Waals surface area (Å²) in [6.07, 6.45) is 3.32. The average molecular weight is 185 g/mol. The Kier molecular flexibility index (Phi) is 5.59. The highest BCUT2D eigenvalue weighted by Crippen LogP contribution is 1.98. The van der Waals surface area contributed by atoms with Crippen LogP contribution in [0.15, 0.2) is 11.8 Å². The fourth-order valence-electron chi connectivity index (χ4n) is 0.774. The van der Waals surface area contributed by atoms with Gasteiger partial charge in [-0.2, -0.15) is 0 Å². The van der Waals surface area contributed by atoms with Crippen molar-refractivity contribution < 1.29 is 14.3 Å². The van der Waals surface area contributed by atoms with Gasteiger partial charge in [0.1, 0.15) is 5.70 Å². The van der Waals surface area contributed by atoms with Gasteiger partial charge >= 0.3 is 5.97 Å². The second-order valence-electron chi connectivity index (χ2n) is 2.58. The van der Waals surface area contributed by atoms with E-state index in [4.69, 9.17) is 0 Å². The van der Waals surface area contributed by atoms with Gasteiger partial charge in [0.2, 0.25) is 5.91 Å². The summed E-state index contributed by atoms with van der Waals surface area (Å²) in [4.78, 5) is 21.7. The van der Waals surface area contributed by atoms with E-state index in [1.165, 1.54) is 14.0 Å². The van der Waals surface area contributed by atoms with E-state index in [9.17, 15) is 9.59 Å². The Balaban J connectivity index is 4.35. The number of amides is 1. The molecule has 0 radical (unpaired) electrons. The van der Waals surface area contributed by atoms with Gasteiger partial charge in [-0.05, 0) is 6.42 Å². The molecule has 0 saturated carbocycles. The minimum atomic E-state index is -0.511. The number of ether oxygens (including phenoxy) is 1. The molecule has 0 saturated heterocycles. The van der Waals surface area contributed by atoms with Gasteiger partial charge in [0.15, 0.2) is 0 Å². The number of hydrogen-bond acceptors (Lipinski definition) is 3. The van der Waals surface area contributed by atoms with Crippen LogP contribution in [0.4, 0.5) is 0 Å². The minimum absolute atomic E-state index is 0.219. The molecule has 0 aliphatic heterocycles. The molecule has 0 atom stereocenters. The zero-order chi connectivity index (χ0) is 10.3. The van der Waals surface area contributed by atoms with Crippen LogP contribution in [0.5, 0.6) is 0 Å². The number of nitrogens with one attached hydrogen (secondary N) is 1. The van der Waals surface area contributed by atoms with Crippen molar-refractivity contribution >= 4 is 11.9 Å². The zero-order valence-corrected chi connectivity index (χ0v) is 8.22. The van der Waals surface area contributed by atoms with Crippen LogP contribution in [-0.2, 0) is 14.3 Å². The number of allylic oxidation sites excluding steroid dienone is 1. The van der Waals surface area contributed by atoms with Crippen LogP contribution in [0.1, 0.15) is 26.7 Å². The molecule has 0 aromatic carbocycles. The SMILES string of the molecule is CCC/C=C(/NC(C)=O)C(=O)OC. The largest absolute Gasteiger partial charge is 0.464 e. The van der Waals surface area contributed by atoms with Crippen LogP contribution in [0.3, 0.4) is 0 Å². The lowest BCUT2D eigenvalue weighted by Crippen LogP contribution is -2.25. The van der Waals surface area contributed by atoms with Crippen LogP contribution in [-0.4, -0.2) is 19.0 Å². The molecule has 74 valence electrons. The van der Waals surface area contributed by atoms with Crippen molar-refractivity contribution in [2.45, 2.75) is 26.7 Å². The normalized spacial score (nSPS) is 10.8. The molecule has 1 N–H and O–H groups in total. The number of unbranched alkanes of at least 4 members (excludes halogenated alkanes) is 1. The first kappa shape index (κ1) is 11.7. The molecular weight excluding hydrogens is 170 g/mol. The van der Waals surface area contributed by atoms with Crippen molar-refractivity contribution in [3.63, 3.8) is 0 Å². The molecule has 0 heterocycles. The van der Waals surface area contributed by atoms with Crippen molar-refractivity contribution in [1.29, 1.82) is 0 Å². The van der Waals surface area contributed by atoms with Crippen molar-refractivity contribution in [2.75, 3.05) is 7.11 Å². The van der Waals surface area contributed by atoms with Crippen LogP contribution < -0.4 is 5.32 Å². The third-order valence-corrected chi connectivity index (χ3v) is 1.35. The van der Waals surface area contributed by atoms with E-state index in [-0.39, 0.29) is 11.6 Å². The Hall–Kier alpha value is -1.32. The first-order valence-electron chi connectivity index (χ1n) is 4.17. The Morgan fingerprint density at radius 1 is 1.46 bits per heavy atom. The van der Waals surface area contributed by atoms with Gasteiger partial charge in [-0.1, -0.05) is 19.4 Å². The molecule has 0 spiro atoms. The first-order chi connectivity index (χ1) is 6.11. The Morgan fingerprint density at radius 3 is 2.46 bits per heavy atom. The van der Waals surface area contributed by atoms with Crippen LogP contribution in [0, 0.1) is 0 Å². The summed E-state index contributed by atoms with van der Waals surface area (Å²) in [7, 11) is 1.28. The lowest BCUT2D eigenvalue weighted by atomic mass is 10.3. The van der Waals surface area contributed by atoms with Crippen molar-refractivity contribution in [3.8, 4) is 0 Å². The number of esters is 1. The molecule has 1 amide bonds. The first-order valence-corrected chi connectivity index (χ1v) is 4.17. The molecular formula is C9H15NO3. The van der Waals surface area contributed by atoms with Gasteiger partial charge in [-0.3, -0.25) is 4.79 Å². The van der Waals surface area contributed by atoms with Crippen molar-refractivity contribution in [3.05, 3.63) is 11.8 Å². The predicted molar refractivity (Wildman–Crippen MR) is 48.8 cm³/mol. The average Bonchev–Trinajstić information content (AvgIpc) is 2.10. The van der Waals surface area contributed by atoms with E-state index in [1.54, 1.807) is 6.08 Å². The van der Waals surface area contributed by atoms with Crippen molar-refractivity contribution in [2.24, 2.45) is 0 Å². The second-order valence-corrected chi connectivity index (χ2v) is 2.58. The Labute approximate surface area is 78.0 Å². The van der Waals surface area contributed by atoms with Crippen molar-refractivity contribution in [1.82, 2.24) is 5.32 Å². The predicted octanol–water partition coefficient (Wildman–Crippen LogP) is 0.979. The minimum Gasteiger partial charge on any atom is -0.464 e. The third kappa shape index (κ3) is 5.00. The standard InChI is InChI=1S/C9H15NO3/c1-4-5-6-8(9(12)13-3)10-7(2)11/h6H,4-5H2,1-3H3,(H,10,11)/b8-6+. The number of carbonyl (C=O) groups is 2. The van der Waals surface area contributed by atoms with E-state index >= 15 is 0 Å². The highest BCUT2D eigenvalue weighted by molar-refractivity contribution is 5.93. The topological polar surface area (TPSA) is 55.4 Å². The number of carbonyl (C=O) groups excluding carboxylic acids is 2. The second kappa shape index (κ2) is 6.22. The summed E-state index contributed by atoms with van der Waals surface area (Å²) >= 11 is 0.